The molecule has 0 bridgehead atoms. The Bertz CT molecular complexity index is 3370. The lowest BCUT2D eigenvalue weighted by molar-refractivity contribution is -0.145. The van der Waals surface area contributed by atoms with Crippen LogP contribution in [0.1, 0.15) is 62.8 Å². The number of nitrogens with zero attached hydrogens (tertiary/aromatic N) is 2. The summed E-state index contributed by atoms with van der Waals surface area (Å²) in [6.45, 7) is 1.53. The van der Waals surface area contributed by atoms with Gasteiger partial charge in [0.05, 0.1) is 31.4 Å². The maximum atomic E-state index is 14.1. The first kappa shape index (κ1) is 69.7. The molecule has 0 aliphatic carbocycles. The maximum Gasteiger partial charge on any atom is 0.328 e. The Hall–Kier alpha value is -10.1. The van der Waals surface area contributed by atoms with Crippen molar-refractivity contribution >= 4 is 111 Å². The molecule has 0 unspecified atom stereocenters. The number of carboxylic acids is 2. The second-order valence-corrected chi connectivity index (χ2v) is 21.1. The fourth-order valence-electron chi connectivity index (χ4n) is 9.05. The minimum Gasteiger partial charge on any atom is -0.481 e. The molecule has 5 rings (SSSR count). The number of rotatable bonds is 36. The molecule has 0 spiro atoms. The third-order valence-corrected chi connectivity index (χ3v) is 14.1. The number of thiol groups is 1. The van der Waals surface area contributed by atoms with Gasteiger partial charge in [-0.3, -0.25) is 57.7 Å². The highest BCUT2D eigenvalue weighted by Gasteiger charge is 2.35. The number of aliphatic hydroxyl groups is 1. The lowest BCUT2D eigenvalue weighted by Gasteiger charge is -2.26. The first-order chi connectivity index (χ1) is 42.2. The number of aliphatic hydroxyl groups excluding tert-OH is 1. The number of imidazole rings is 1. The zero-order valence-corrected chi connectivity index (χ0v) is 49.3. The van der Waals surface area contributed by atoms with Crippen LogP contribution in [0.4, 0.5) is 0 Å². The van der Waals surface area contributed by atoms with E-state index in [-0.39, 0.29) is 56.8 Å². The largest absolute Gasteiger partial charge is 0.481 e. The average Bonchev–Trinajstić information content (AvgIpc) is 2.30. The monoisotopic (exact) mass is 1260 g/mol. The van der Waals surface area contributed by atoms with E-state index in [9.17, 15) is 72.9 Å². The fourth-order valence-corrected chi connectivity index (χ4v) is 9.30. The molecule has 0 fully saturated rings. The van der Waals surface area contributed by atoms with Crippen molar-refractivity contribution in [3.63, 3.8) is 0 Å². The van der Waals surface area contributed by atoms with Gasteiger partial charge in [0.2, 0.25) is 59.1 Å². The van der Waals surface area contributed by atoms with Crippen LogP contribution >= 0.6 is 12.6 Å². The van der Waals surface area contributed by atoms with Gasteiger partial charge < -0.3 is 101 Å². The number of guanidine groups is 1. The Morgan fingerprint density at radius 2 is 1.12 bits per heavy atom. The molecule has 0 saturated carbocycles. The normalized spacial score (nSPS) is 14.5. The zero-order chi connectivity index (χ0) is 65.5. The van der Waals surface area contributed by atoms with E-state index in [0.717, 1.165) is 17.8 Å². The van der Waals surface area contributed by atoms with Gasteiger partial charge >= 0.3 is 11.9 Å². The van der Waals surface area contributed by atoms with Crippen LogP contribution in [-0.2, 0) is 76.8 Å². The molecule has 5 aromatic rings. The van der Waals surface area contributed by atoms with Gasteiger partial charge in [-0.2, -0.15) is 12.6 Å². The lowest BCUT2D eigenvalue weighted by Crippen LogP contribution is -2.60. The second kappa shape index (κ2) is 33.7. The standard InChI is InChI=1S/C55H74N18O15S/c1-26(46(79)69-39(18-30-22-60-25-65-30)51(84)68-36(12-7-15-61-55(58)59)49(82)72-41(24-89)53(86)73-45(27(2)74)54(87)88)66-43(76)23-64-48(81)38(17-29-21-63-35-11-6-4-9-32(29)35)70-52(85)40(19-44(77)78)71-50(83)37(13-14-42(57)75)67-47(80)33(56)16-28-20-62-34-10-5-3-8-31(28)34/h3-6,8-11,20-22,25-27,33,36-41,45,62-63,74,89H,7,12-19,23-24,56H2,1-2H3,(H2,57,75)(H,60,65)(H,64,81)(H,66,76)(H,67,80)(H,68,84)(H,69,79)(H,70,85)(H,71,83)(H,72,82)(H,73,86)(H,77,78)(H,87,88)(H4,58,59,61)/t26-,27+,33-,36-,37-,38-,39-,40-,41-,45-/m0/s1. The van der Waals surface area contributed by atoms with Gasteiger partial charge in [-0.1, -0.05) is 36.4 Å². The van der Waals surface area contributed by atoms with E-state index in [0.29, 0.717) is 27.7 Å². The summed E-state index contributed by atoms with van der Waals surface area (Å²) in [6.07, 6.45) is 1.90. The van der Waals surface area contributed by atoms with Crippen LogP contribution in [0.25, 0.3) is 21.8 Å². The van der Waals surface area contributed by atoms with Crippen LogP contribution in [-0.4, -0.2) is 192 Å². The van der Waals surface area contributed by atoms with Gasteiger partial charge in [-0.15, -0.1) is 0 Å². The predicted octanol–water partition coefficient (Wildman–Crippen LogP) is -5.07. The number of nitrogens with two attached hydrogens (primary N) is 4. The van der Waals surface area contributed by atoms with E-state index in [1.54, 1.807) is 42.7 Å². The Kier molecular flexibility index (Phi) is 26.4. The molecular formula is C55H74N18O15S. The van der Waals surface area contributed by atoms with Crippen LogP contribution in [0.15, 0.2) is 78.4 Å². The topological polar surface area (TPSA) is 550 Å². The van der Waals surface area contributed by atoms with Crippen molar-refractivity contribution in [2.24, 2.45) is 27.9 Å². The molecule has 23 N–H and O–H groups in total. The molecule has 480 valence electrons. The molecule has 0 aliphatic heterocycles. The number of carbonyl (C=O) groups is 12. The molecule has 34 heteroatoms. The third-order valence-electron chi connectivity index (χ3n) is 13.8. The maximum absolute atomic E-state index is 14.1. The SMILES string of the molecule is C[C@H](NC(=O)CNC(=O)[C@H](Cc1c[nH]c2ccccc12)NC(=O)[C@H](CC(=O)O)NC(=O)[C@H](CCC(N)=O)NC(=O)[C@@H](N)Cc1c[nH]c2ccccc12)C(=O)N[C@@H](Cc1cnc[nH]1)C(=O)N[C@@H](CCCN=C(N)N)C(=O)N[C@@H](CS)C(=O)N[C@H](C(=O)O)[C@@H](C)O. The number of hydrogen-bond donors (Lipinski definition) is 20. The fraction of sp³-hybridized carbons (Fsp3) is 0.418. The predicted molar refractivity (Wildman–Crippen MR) is 322 cm³/mol. The van der Waals surface area contributed by atoms with Gasteiger partial charge in [-0.05, 0) is 62.8 Å². The van der Waals surface area contributed by atoms with Crippen molar-refractivity contribution < 1.29 is 72.9 Å². The van der Waals surface area contributed by atoms with Crippen LogP contribution < -0.4 is 70.8 Å². The Morgan fingerprint density at radius 3 is 1.69 bits per heavy atom. The van der Waals surface area contributed by atoms with Gasteiger partial charge in [0.1, 0.15) is 42.3 Å². The van der Waals surface area contributed by atoms with Crippen molar-refractivity contribution in [1.82, 2.24) is 67.8 Å². The van der Waals surface area contributed by atoms with E-state index in [4.69, 9.17) is 22.9 Å². The number of nitrogens with one attached hydrogen (secondary N) is 12. The van der Waals surface area contributed by atoms with E-state index in [2.05, 4.69) is 85.4 Å². The van der Waals surface area contributed by atoms with Crippen LogP contribution in [0, 0.1) is 0 Å². The molecule has 0 radical (unpaired) electrons. The summed E-state index contributed by atoms with van der Waals surface area (Å²) in [5.74, 6) is -13.5. The highest BCUT2D eigenvalue weighted by molar-refractivity contribution is 7.80. The van der Waals surface area contributed by atoms with E-state index in [1.807, 2.05) is 18.2 Å². The van der Waals surface area contributed by atoms with Gasteiger partial charge in [0.25, 0.3) is 0 Å². The molecule has 3 aromatic heterocycles. The van der Waals surface area contributed by atoms with Crippen molar-refractivity contribution in [2.45, 2.75) is 126 Å². The van der Waals surface area contributed by atoms with Crippen LogP contribution in [0.3, 0.4) is 0 Å². The molecule has 0 saturated heterocycles. The molecule has 0 aliphatic rings. The summed E-state index contributed by atoms with van der Waals surface area (Å²) in [7, 11) is 0. The number of aromatic amines is 3. The minimum absolute atomic E-state index is 0.0116. The third kappa shape index (κ3) is 21.7. The van der Waals surface area contributed by atoms with Crippen LogP contribution in [0.5, 0.6) is 0 Å². The number of benzene rings is 2. The van der Waals surface area contributed by atoms with Gasteiger partial charge in [0, 0.05) is 77.7 Å². The van der Waals surface area contributed by atoms with E-state index in [1.165, 1.54) is 19.4 Å². The molecule has 10 atom stereocenters. The van der Waals surface area contributed by atoms with Crippen LogP contribution in [0.2, 0.25) is 0 Å². The minimum atomic E-state index is -1.91. The summed E-state index contributed by atoms with van der Waals surface area (Å²) in [5, 5.41) is 52.3. The zero-order valence-electron chi connectivity index (χ0n) is 48.4. The smallest absolute Gasteiger partial charge is 0.328 e. The number of carbonyl (C=O) groups excluding carboxylic acids is 10. The summed E-state index contributed by atoms with van der Waals surface area (Å²) in [6, 6.07) is 0.281. The van der Waals surface area contributed by atoms with Crippen molar-refractivity contribution in [3.8, 4) is 0 Å². The number of fused-ring (bicyclic) bond motifs is 2. The molecule has 10 amide bonds. The van der Waals surface area contributed by atoms with Crippen molar-refractivity contribution in [1.29, 1.82) is 0 Å². The number of amides is 10. The first-order valence-electron chi connectivity index (χ1n) is 27.8. The second-order valence-electron chi connectivity index (χ2n) is 20.7. The number of primary amides is 1. The number of aromatic nitrogens is 4. The van der Waals surface area contributed by atoms with Crippen molar-refractivity contribution in [2.75, 3.05) is 18.8 Å². The quantitative estimate of drug-likeness (QED) is 0.00772. The Labute approximate surface area is 513 Å². The van der Waals surface area contributed by atoms with Gasteiger partial charge in [-0.25, -0.2) is 9.78 Å². The highest BCUT2D eigenvalue weighted by atomic mass is 32.1. The summed E-state index contributed by atoms with van der Waals surface area (Å²) >= 11 is 4.11. The summed E-state index contributed by atoms with van der Waals surface area (Å²) < 4.78 is 0. The molecule has 89 heavy (non-hydrogen) atoms. The number of para-hydroxylation sites is 2. The molecule has 3 heterocycles. The Balaban J connectivity index is 1.28. The van der Waals surface area contributed by atoms with Crippen molar-refractivity contribution in [3.05, 3.63) is 90.3 Å². The number of hydrogen-bond acceptors (Lipinski definition) is 17. The van der Waals surface area contributed by atoms with E-state index >= 15 is 0 Å². The molecule has 2 aromatic carbocycles. The lowest BCUT2D eigenvalue weighted by atomic mass is 10.0. The number of H-pyrrole nitrogens is 3. The number of aliphatic carboxylic acids is 2. The highest BCUT2D eigenvalue weighted by Crippen LogP contribution is 2.21. The van der Waals surface area contributed by atoms with Gasteiger partial charge in [0.15, 0.2) is 12.0 Å². The molecule has 33 nitrogen and oxygen atoms in total. The Morgan fingerprint density at radius 1 is 0.607 bits per heavy atom. The molecular weight excluding hydrogens is 1180 g/mol. The summed E-state index contributed by atoms with van der Waals surface area (Å²) in [5.41, 5.74) is 25.5. The van der Waals surface area contributed by atoms with E-state index < -0.39 is 151 Å². The number of carboxylic acid groups (broad SMARTS) is 2. The number of aliphatic imine (C=N–C) groups is 1. The average molecular weight is 1260 g/mol. The first-order valence-corrected chi connectivity index (χ1v) is 28.5. The summed E-state index contributed by atoms with van der Waals surface area (Å²) in [4.78, 5) is 176.